The number of ether oxygens (including phenoxy) is 1. The van der Waals surface area contributed by atoms with Crippen LogP contribution in [0.4, 0.5) is 11.4 Å². The van der Waals surface area contributed by atoms with Gasteiger partial charge in [-0.05, 0) is 43.3 Å². The maximum absolute atomic E-state index is 12.4. The molecule has 0 heterocycles. The number of nitriles is 1. The van der Waals surface area contributed by atoms with Crippen LogP contribution in [0.5, 0.6) is 5.75 Å². The Bertz CT molecular complexity index is 865. The molecule has 0 aliphatic heterocycles. The summed E-state index contributed by atoms with van der Waals surface area (Å²) in [5, 5.41) is 14.6. The monoisotopic (exact) mass is 349 g/mol. The number of nitrogens with one attached hydrogen (secondary N) is 2. The van der Waals surface area contributed by atoms with Crippen molar-refractivity contribution in [1.82, 2.24) is 0 Å². The molecule has 0 fully saturated rings. The molecule has 6 nitrogen and oxygen atoms in total. The summed E-state index contributed by atoms with van der Waals surface area (Å²) >= 11 is 0. The molecule has 2 amide bonds. The lowest BCUT2D eigenvalue weighted by Gasteiger charge is -2.08. The van der Waals surface area contributed by atoms with E-state index in [1.807, 2.05) is 25.1 Å². The van der Waals surface area contributed by atoms with Crippen LogP contribution in [0.3, 0.4) is 0 Å². The summed E-state index contributed by atoms with van der Waals surface area (Å²) in [5.74, 6) is -0.0919. The Morgan fingerprint density at radius 3 is 2.27 bits per heavy atom. The van der Waals surface area contributed by atoms with E-state index >= 15 is 0 Å². The van der Waals surface area contributed by atoms with E-state index in [0.29, 0.717) is 29.3 Å². The van der Waals surface area contributed by atoms with Gasteiger partial charge in [0.15, 0.2) is 0 Å². The summed E-state index contributed by atoms with van der Waals surface area (Å²) in [4.78, 5) is 23.4. The third-order valence-corrected chi connectivity index (χ3v) is 3.35. The molecular formula is C20H19N3O3. The van der Waals surface area contributed by atoms with E-state index < -0.39 is 5.91 Å². The fourth-order valence-electron chi connectivity index (χ4n) is 2.23. The zero-order valence-corrected chi connectivity index (χ0v) is 14.6. The molecule has 0 atom stereocenters. The number of para-hydroxylation sites is 1. The first kappa shape index (κ1) is 18.7. The van der Waals surface area contributed by atoms with E-state index in [2.05, 4.69) is 10.6 Å². The van der Waals surface area contributed by atoms with Gasteiger partial charge in [-0.1, -0.05) is 18.2 Å². The zero-order chi connectivity index (χ0) is 18.9. The smallest absolute Gasteiger partial charge is 0.266 e. The topological polar surface area (TPSA) is 91.2 Å². The second-order valence-electron chi connectivity index (χ2n) is 5.35. The molecule has 2 N–H and O–H groups in total. The highest BCUT2D eigenvalue weighted by atomic mass is 16.5. The summed E-state index contributed by atoms with van der Waals surface area (Å²) in [6.07, 6.45) is 1.49. The molecule has 0 aromatic heterocycles. The van der Waals surface area contributed by atoms with Crippen molar-refractivity contribution in [2.24, 2.45) is 0 Å². The molecule has 26 heavy (non-hydrogen) atoms. The lowest BCUT2D eigenvalue weighted by atomic mass is 10.1. The van der Waals surface area contributed by atoms with Crippen LogP contribution in [0.25, 0.3) is 6.08 Å². The normalized spacial score (nSPS) is 10.6. The van der Waals surface area contributed by atoms with E-state index in [1.54, 1.807) is 36.4 Å². The van der Waals surface area contributed by atoms with Crippen molar-refractivity contribution >= 4 is 29.3 Å². The summed E-state index contributed by atoms with van der Waals surface area (Å²) in [6.45, 7) is 3.77. The SMILES string of the molecule is CCOc1ccccc1/C=C(\C#N)C(=O)Nc1ccc(NC(C)=O)cc1. The first-order valence-corrected chi connectivity index (χ1v) is 8.06. The molecule has 0 radical (unpaired) electrons. The summed E-state index contributed by atoms with van der Waals surface area (Å²) in [5.41, 5.74) is 1.76. The van der Waals surface area contributed by atoms with Gasteiger partial charge in [-0.2, -0.15) is 5.26 Å². The van der Waals surface area contributed by atoms with Crippen molar-refractivity contribution in [2.75, 3.05) is 17.2 Å². The van der Waals surface area contributed by atoms with Gasteiger partial charge in [0.1, 0.15) is 17.4 Å². The molecule has 0 unspecified atom stereocenters. The highest BCUT2D eigenvalue weighted by Crippen LogP contribution is 2.21. The Morgan fingerprint density at radius 1 is 1.08 bits per heavy atom. The van der Waals surface area contributed by atoms with Crippen molar-refractivity contribution in [3.05, 3.63) is 59.7 Å². The van der Waals surface area contributed by atoms with E-state index in [4.69, 9.17) is 4.74 Å². The van der Waals surface area contributed by atoms with Crippen LogP contribution in [-0.2, 0) is 9.59 Å². The molecule has 132 valence electrons. The van der Waals surface area contributed by atoms with Crippen LogP contribution >= 0.6 is 0 Å². The summed E-state index contributed by atoms with van der Waals surface area (Å²) in [7, 11) is 0. The van der Waals surface area contributed by atoms with Gasteiger partial charge in [0.25, 0.3) is 5.91 Å². The minimum absolute atomic E-state index is 0.0388. The van der Waals surface area contributed by atoms with E-state index in [-0.39, 0.29) is 11.5 Å². The third-order valence-electron chi connectivity index (χ3n) is 3.35. The molecule has 0 bridgehead atoms. The van der Waals surface area contributed by atoms with Gasteiger partial charge in [0.2, 0.25) is 5.91 Å². The lowest BCUT2D eigenvalue weighted by Crippen LogP contribution is -2.13. The van der Waals surface area contributed by atoms with Gasteiger partial charge < -0.3 is 15.4 Å². The summed E-state index contributed by atoms with van der Waals surface area (Å²) < 4.78 is 5.51. The molecule has 2 aromatic rings. The number of hydrogen-bond acceptors (Lipinski definition) is 4. The number of rotatable bonds is 6. The zero-order valence-electron chi connectivity index (χ0n) is 14.6. The van der Waals surface area contributed by atoms with E-state index in [9.17, 15) is 14.9 Å². The van der Waals surface area contributed by atoms with Crippen molar-refractivity contribution in [2.45, 2.75) is 13.8 Å². The lowest BCUT2D eigenvalue weighted by molar-refractivity contribution is -0.114. The first-order valence-electron chi connectivity index (χ1n) is 8.06. The molecule has 0 aliphatic carbocycles. The molecule has 0 aliphatic rings. The molecule has 0 saturated heterocycles. The van der Waals surface area contributed by atoms with Gasteiger partial charge in [0.05, 0.1) is 6.61 Å². The van der Waals surface area contributed by atoms with Crippen molar-refractivity contribution < 1.29 is 14.3 Å². The predicted octanol–water partition coefficient (Wildman–Crippen LogP) is 3.59. The molecule has 2 aromatic carbocycles. The Hall–Kier alpha value is -3.59. The molecule has 0 saturated carbocycles. The van der Waals surface area contributed by atoms with Gasteiger partial charge in [-0.25, -0.2) is 0 Å². The number of amides is 2. The van der Waals surface area contributed by atoms with Gasteiger partial charge in [0, 0.05) is 23.9 Å². The third kappa shape index (κ3) is 5.21. The van der Waals surface area contributed by atoms with Crippen molar-refractivity contribution in [3.63, 3.8) is 0 Å². The fourth-order valence-corrected chi connectivity index (χ4v) is 2.23. The second-order valence-corrected chi connectivity index (χ2v) is 5.35. The molecule has 2 rings (SSSR count). The van der Waals surface area contributed by atoms with Gasteiger partial charge >= 0.3 is 0 Å². The number of hydrogen-bond donors (Lipinski definition) is 2. The minimum Gasteiger partial charge on any atom is -0.493 e. The van der Waals surface area contributed by atoms with Crippen molar-refractivity contribution in [3.8, 4) is 11.8 Å². The number of carbonyl (C=O) groups excluding carboxylic acids is 2. The maximum Gasteiger partial charge on any atom is 0.266 e. The molecule has 0 spiro atoms. The van der Waals surface area contributed by atoms with Crippen LogP contribution in [0.15, 0.2) is 54.1 Å². The van der Waals surface area contributed by atoms with Crippen LogP contribution in [-0.4, -0.2) is 18.4 Å². The Labute approximate surface area is 152 Å². The Balaban J connectivity index is 2.16. The van der Waals surface area contributed by atoms with Crippen LogP contribution < -0.4 is 15.4 Å². The highest BCUT2D eigenvalue weighted by molar-refractivity contribution is 6.09. The Morgan fingerprint density at radius 2 is 1.69 bits per heavy atom. The first-order chi connectivity index (χ1) is 12.5. The van der Waals surface area contributed by atoms with Crippen LogP contribution in [0.1, 0.15) is 19.4 Å². The maximum atomic E-state index is 12.4. The van der Waals surface area contributed by atoms with Crippen LogP contribution in [0, 0.1) is 11.3 Å². The summed E-state index contributed by atoms with van der Waals surface area (Å²) in [6, 6.07) is 15.7. The number of benzene rings is 2. The van der Waals surface area contributed by atoms with E-state index in [1.165, 1.54) is 13.0 Å². The largest absolute Gasteiger partial charge is 0.493 e. The average molecular weight is 349 g/mol. The van der Waals surface area contributed by atoms with E-state index in [0.717, 1.165) is 0 Å². The van der Waals surface area contributed by atoms with Crippen molar-refractivity contribution in [1.29, 1.82) is 5.26 Å². The Kier molecular flexibility index (Phi) is 6.52. The number of anilines is 2. The van der Waals surface area contributed by atoms with Gasteiger partial charge in [-0.15, -0.1) is 0 Å². The standard InChI is InChI=1S/C20H19N3O3/c1-3-26-19-7-5-4-6-15(19)12-16(13-21)20(25)23-18-10-8-17(9-11-18)22-14(2)24/h4-12H,3H2,1-2H3,(H,22,24)(H,23,25)/b16-12+. The van der Waals surface area contributed by atoms with Gasteiger partial charge in [-0.3, -0.25) is 9.59 Å². The highest BCUT2D eigenvalue weighted by Gasteiger charge is 2.11. The average Bonchev–Trinajstić information content (AvgIpc) is 2.62. The number of nitrogens with zero attached hydrogens (tertiary/aromatic N) is 1. The second kappa shape index (κ2) is 9.04. The number of carbonyl (C=O) groups is 2. The molecule has 6 heteroatoms. The quantitative estimate of drug-likeness (QED) is 0.616. The predicted molar refractivity (Wildman–Crippen MR) is 101 cm³/mol. The minimum atomic E-state index is -0.522. The van der Waals surface area contributed by atoms with Crippen LogP contribution in [0.2, 0.25) is 0 Å². The molecular weight excluding hydrogens is 330 g/mol. The fraction of sp³-hybridized carbons (Fsp3) is 0.150.